The van der Waals surface area contributed by atoms with Crippen LogP contribution in [0, 0.1) is 0 Å². The Hall–Kier alpha value is -1.74. The van der Waals surface area contributed by atoms with E-state index in [9.17, 15) is 4.79 Å². The highest BCUT2D eigenvalue weighted by Gasteiger charge is 2.20. The molecule has 0 spiro atoms. The molecular formula is C17H17NOS. The summed E-state index contributed by atoms with van der Waals surface area (Å²) < 4.78 is 0. The number of carbonyl (C=O) groups excluding carboxylic acids is 1. The first kappa shape index (κ1) is 13.3. The van der Waals surface area contributed by atoms with Crippen LogP contribution >= 0.6 is 11.8 Å². The number of fused-ring (bicyclic) bond motifs is 1. The van der Waals surface area contributed by atoms with E-state index in [2.05, 4.69) is 29.6 Å². The molecule has 0 saturated carbocycles. The van der Waals surface area contributed by atoms with Gasteiger partial charge in [0.2, 0.25) is 0 Å². The average Bonchev–Trinajstić information content (AvgIpc) is 2.53. The largest absolute Gasteiger partial charge is 0.351 e. The maximum Gasteiger partial charge on any atom is 0.251 e. The van der Waals surface area contributed by atoms with E-state index >= 15 is 0 Å². The van der Waals surface area contributed by atoms with Gasteiger partial charge in [-0.3, -0.25) is 4.79 Å². The van der Waals surface area contributed by atoms with Crippen LogP contribution in [0.2, 0.25) is 0 Å². The molecular weight excluding hydrogens is 266 g/mol. The molecule has 3 rings (SSSR count). The lowest BCUT2D eigenvalue weighted by Crippen LogP contribution is -2.28. The Balaban J connectivity index is 1.67. The zero-order valence-electron chi connectivity index (χ0n) is 11.2. The van der Waals surface area contributed by atoms with E-state index in [4.69, 9.17) is 0 Å². The van der Waals surface area contributed by atoms with Crippen molar-refractivity contribution in [3.8, 4) is 0 Å². The summed E-state index contributed by atoms with van der Waals surface area (Å²) in [7, 11) is 0. The highest BCUT2D eigenvalue weighted by Crippen LogP contribution is 2.35. The molecule has 3 heteroatoms. The van der Waals surface area contributed by atoms with Gasteiger partial charge in [0.05, 0.1) is 0 Å². The van der Waals surface area contributed by atoms with Gasteiger partial charge < -0.3 is 5.32 Å². The fraction of sp³-hybridized carbons (Fsp3) is 0.235. The lowest BCUT2D eigenvalue weighted by atomic mass is 10.0. The topological polar surface area (TPSA) is 29.1 Å². The van der Waals surface area contributed by atoms with Crippen molar-refractivity contribution in [2.75, 3.05) is 12.3 Å². The molecule has 1 unspecified atom stereocenters. The average molecular weight is 283 g/mol. The third kappa shape index (κ3) is 2.88. The summed E-state index contributed by atoms with van der Waals surface area (Å²) >= 11 is 1.93. The molecule has 1 heterocycles. The van der Waals surface area contributed by atoms with Crippen molar-refractivity contribution < 1.29 is 4.79 Å². The van der Waals surface area contributed by atoms with E-state index in [1.807, 2.05) is 42.1 Å². The molecule has 1 N–H and O–H groups in total. The number of carbonyl (C=O) groups is 1. The van der Waals surface area contributed by atoms with E-state index in [1.165, 1.54) is 11.1 Å². The molecule has 1 aliphatic heterocycles. The van der Waals surface area contributed by atoms with E-state index in [-0.39, 0.29) is 5.91 Å². The highest BCUT2D eigenvalue weighted by atomic mass is 32.2. The Kier molecular flexibility index (Phi) is 4.07. The third-order valence-corrected chi connectivity index (χ3v) is 4.84. The summed E-state index contributed by atoms with van der Waals surface area (Å²) in [5, 5.41) is 3.42. The van der Waals surface area contributed by atoms with Crippen LogP contribution < -0.4 is 5.32 Å². The van der Waals surface area contributed by atoms with Crippen molar-refractivity contribution in [3.63, 3.8) is 0 Å². The van der Waals surface area contributed by atoms with Crippen molar-refractivity contribution in [1.82, 2.24) is 5.32 Å². The van der Waals surface area contributed by atoms with Gasteiger partial charge >= 0.3 is 0 Å². The SMILES string of the molecule is O=C(NCC1SCCc2ccccc21)c1ccccc1. The second-order valence-corrected chi connectivity index (χ2v) is 6.19. The third-order valence-electron chi connectivity index (χ3n) is 3.58. The number of nitrogens with one attached hydrogen (secondary N) is 1. The molecule has 0 aromatic heterocycles. The van der Waals surface area contributed by atoms with Crippen LogP contribution in [0.15, 0.2) is 54.6 Å². The Labute approximate surface area is 123 Å². The zero-order chi connectivity index (χ0) is 13.8. The number of rotatable bonds is 3. The predicted octanol–water partition coefficient (Wildman–Crippen LogP) is 3.45. The molecule has 0 saturated heterocycles. The molecule has 2 aromatic carbocycles. The van der Waals surface area contributed by atoms with Gasteiger partial charge in [0.1, 0.15) is 0 Å². The molecule has 0 bridgehead atoms. The highest BCUT2D eigenvalue weighted by molar-refractivity contribution is 7.99. The first-order valence-corrected chi connectivity index (χ1v) is 7.92. The Morgan fingerprint density at radius 2 is 1.85 bits per heavy atom. The van der Waals surface area contributed by atoms with Gasteiger partial charge in [0, 0.05) is 17.4 Å². The van der Waals surface area contributed by atoms with Crippen molar-refractivity contribution in [1.29, 1.82) is 0 Å². The molecule has 0 fully saturated rings. The van der Waals surface area contributed by atoms with E-state index < -0.39 is 0 Å². The molecule has 102 valence electrons. The number of thioether (sulfide) groups is 1. The van der Waals surface area contributed by atoms with Gasteiger partial charge in [0.25, 0.3) is 5.91 Å². The number of amides is 1. The van der Waals surface area contributed by atoms with Crippen LogP contribution in [0.3, 0.4) is 0 Å². The minimum absolute atomic E-state index is 0.00857. The Bertz CT molecular complexity index is 597. The second-order valence-electron chi connectivity index (χ2n) is 4.88. The van der Waals surface area contributed by atoms with E-state index in [1.54, 1.807) is 0 Å². The van der Waals surface area contributed by atoms with Crippen molar-refractivity contribution in [2.45, 2.75) is 11.7 Å². The van der Waals surface area contributed by atoms with Crippen molar-refractivity contribution >= 4 is 17.7 Å². The molecule has 0 radical (unpaired) electrons. The number of aryl methyl sites for hydroxylation is 1. The molecule has 1 amide bonds. The summed E-state index contributed by atoms with van der Waals surface area (Å²) in [6.07, 6.45) is 1.13. The van der Waals surface area contributed by atoms with Crippen LogP contribution in [0.1, 0.15) is 26.7 Å². The van der Waals surface area contributed by atoms with Crippen LogP contribution in [0.5, 0.6) is 0 Å². The second kappa shape index (κ2) is 6.14. The molecule has 20 heavy (non-hydrogen) atoms. The van der Waals surface area contributed by atoms with Crippen LogP contribution in [0.25, 0.3) is 0 Å². The smallest absolute Gasteiger partial charge is 0.251 e. The zero-order valence-corrected chi connectivity index (χ0v) is 12.0. The minimum Gasteiger partial charge on any atom is -0.351 e. The standard InChI is InChI=1S/C17H17NOS/c19-17(14-7-2-1-3-8-14)18-12-16-15-9-5-4-6-13(15)10-11-20-16/h1-9,16H,10-12H2,(H,18,19). The summed E-state index contributed by atoms with van der Waals surface area (Å²) in [5.74, 6) is 1.14. The van der Waals surface area contributed by atoms with E-state index in [0.29, 0.717) is 11.8 Å². The Morgan fingerprint density at radius 3 is 2.70 bits per heavy atom. The van der Waals surface area contributed by atoms with Gasteiger partial charge in [-0.2, -0.15) is 11.8 Å². The van der Waals surface area contributed by atoms with Gasteiger partial charge in [-0.05, 0) is 35.4 Å². The fourth-order valence-electron chi connectivity index (χ4n) is 2.52. The van der Waals surface area contributed by atoms with Crippen LogP contribution in [-0.2, 0) is 6.42 Å². The van der Waals surface area contributed by atoms with Crippen molar-refractivity contribution in [2.24, 2.45) is 0 Å². The number of hydrogen-bond donors (Lipinski definition) is 1. The Morgan fingerprint density at radius 1 is 1.10 bits per heavy atom. The maximum atomic E-state index is 12.1. The predicted molar refractivity (Wildman–Crippen MR) is 84.1 cm³/mol. The molecule has 2 aromatic rings. The quantitative estimate of drug-likeness (QED) is 0.935. The summed E-state index contributed by atoms with van der Waals surface area (Å²) in [6.45, 7) is 0.690. The van der Waals surface area contributed by atoms with E-state index in [0.717, 1.165) is 17.7 Å². The van der Waals surface area contributed by atoms with Crippen LogP contribution in [0.4, 0.5) is 0 Å². The summed E-state index contributed by atoms with van der Waals surface area (Å²) in [6, 6.07) is 17.9. The molecule has 1 aliphatic rings. The normalized spacial score (nSPS) is 17.3. The maximum absolute atomic E-state index is 12.1. The van der Waals surface area contributed by atoms with Gasteiger partial charge in [-0.25, -0.2) is 0 Å². The van der Waals surface area contributed by atoms with Gasteiger partial charge in [0.15, 0.2) is 0 Å². The minimum atomic E-state index is 0.00857. The summed E-state index contributed by atoms with van der Waals surface area (Å²) in [4.78, 5) is 12.1. The lowest BCUT2D eigenvalue weighted by molar-refractivity contribution is 0.0954. The molecule has 1 atom stereocenters. The first-order chi connectivity index (χ1) is 9.84. The fourth-order valence-corrected chi connectivity index (χ4v) is 3.76. The monoisotopic (exact) mass is 283 g/mol. The molecule has 0 aliphatic carbocycles. The summed E-state index contributed by atoms with van der Waals surface area (Å²) in [5.41, 5.74) is 3.52. The van der Waals surface area contributed by atoms with Gasteiger partial charge in [-0.15, -0.1) is 0 Å². The molecule has 2 nitrogen and oxygen atoms in total. The lowest BCUT2D eigenvalue weighted by Gasteiger charge is -2.25. The van der Waals surface area contributed by atoms with Crippen LogP contribution in [-0.4, -0.2) is 18.2 Å². The first-order valence-electron chi connectivity index (χ1n) is 6.87. The van der Waals surface area contributed by atoms with Crippen molar-refractivity contribution in [3.05, 3.63) is 71.3 Å². The number of hydrogen-bond acceptors (Lipinski definition) is 2. The number of benzene rings is 2. The van der Waals surface area contributed by atoms with Gasteiger partial charge in [-0.1, -0.05) is 42.5 Å².